The fraction of sp³-hybridized carbons (Fsp3) is 0.415. The Balaban J connectivity index is 1.41. The standard InChI is InChI=1S/C53H63F2N9O13/c1-31(58-42(66)24-33-17-21-56-22-18-33)49(73)59-32(2)50(74)61-40(27-46(70)71)52(76)60-39(51(75)57-20-9-12-47(72)77-64-43(67)15-16-44(64)68)19-23-63(45(69)30-65)48(53(3,4)5)41-25-35(37-26-36(54)13-14-38(37)55)29-62(41)28-34-10-7-6-8-11-34/h6-8,10-11,13-14,17-18,21-22,25-26,29,31-32,39-40,48,65H,9,12,15-16,19-20,23-24,27-28,30H2,1-5H3,(H,57,75)(H,58,66)(H,59,73)(H,60,76)(H,61,74)(H,70,71)/t31-,32+,39-,40-,48-/m0/s1. The first-order chi connectivity index (χ1) is 36.4. The van der Waals surface area contributed by atoms with Gasteiger partial charge >= 0.3 is 11.9 Å². The lowest BCUT2D eigenvalue weighted by Crippen LogP contribution is -2.58. The van der Waals surface area contributed by atoms with Gasteiger partial charge in [-0.25, -0.2) is 13.6 Å². The quantitative estimate of drug-likeness (QED) is 0.0351. The highest BCUT2D eigenvalue weighted by atomic mass is 19.1. The highest BCUT2D eigenvalue weighted by molar-refractivity contribution is 6.01. The van der Waals surface area contributed by atoms with Crippen molar-refractivity contribution in [3.05, 3.63) is 114 Å². The van der Waals surface area contributed by atoms with Gasteiger partial charge in [-0.15, -0.1) is 5.06 Å². The van der Waals surface area contributed by atoms with Crippen LogP contribution in [0.2, 0.25) is 0 Å². The SMILES string of the molecule is C[C@H](NC(=O)Cc1ccncc1)C(=O)N[C@H](C)C(=O)N[C@@H](CC(=O)O)C(=O)N[C@@H](CCN(C(=O)CO)[C@@H](c1cc(-c2cc(F)ccc2F)cn1Cc1ccccc1)C(C)(C)C)C(=O)NCCCC(=O)ON1C(=O)CCC1=O. The number of carbonyl (C=O) groups is 10. The average Bonchev–Trinajstić information content (AvgIpc) is 3.93. The van der Waals surface area contributed by atoms with E-state index in [4.69, 9.17) is 4.84 Å². The van der Waals surface area contributed by atoms with Gasteiger partial charge in [-0.3, -0.25) is 48.1 Å². The van der Waals surface area contributed by atoms with Crippen molar-refractivity contribution in [3.63, 3.8) is 0 Å². The molecule has 1 fully saturated rings. The molecule has 0 radical (unpaired) electrons. The van der Waals surface area contributed by atoms with Crippen molar-refractivity contribution < 1.29 is 71.8 Å². The molecule has 2 aromatic heterocycles. The number of aliphatic carboxylic acids is 1. The molecule has 8 amide bonds. The Morgan fingerprint density at radius 3 is 2.06 bits per heavy atom. The maximum absolute atomic E-state index is 15.4. The van der Waals surface area contributed by atoms with Gasteiger partial charge in [0.15, 0.2) is 0 Å². The van der Waals surface area contributed by atoms with Crippen molar-refractivity contribution in [2.75, 3.05) is 19.7 Å². The molecule has 0 bridgehead atoms. The molecule has 1 saturated heterocycles. The number of imide groups is 1. The van der Waals surface area contributed by atoms with Crippen LogP contribution in [0.15, 0.2) is 85.3 Å². The van der Waals surface area contributed by atoms with E-state index < -0.39 is 132 Å². The normalized spacial score (nSPS) is 14.3. The summed E-state index contributed by atoms with van der Waals surface area (Å²) in [6, 6.07) is 9.85. The number of carboxylic acids is 1. The van der Waals surface area contributed by atoms with E-state index in [1.165, 1.54) is 31.1 Å². The van der Waals surface area contributed by atoms with Crippen molar-refractivity contribution >= 4 is 59.2 Å². The zero-order valence-electron chi connectivity index (χ0n) is 43.2. The molecule has 22 nitrogen and oxygen atoms in total. The first kappa shape index (κ1) is 59.5. The van der Waals surface area contributed by atoms with E-state index in [-0.39, 0.29) is 56.3 Å². The van der Waals surface area contributed by atoms with Crippen molar-refractivity contribution in [2.45, 2.75) is 116 Å². The summed E-state index contributed by atoms with van der Waals surface area (Å²) in [4.78, 5) is 140. The second kappa shape index (κ2) is 27.4. The zero-order valence-corrected chi connectivity index (χ0v) is 43.2. The molecule has 7 N–H and O–H groups in total. The van der Waals surface area contributed by atoms with E-state index >= 15 is 4.39 Å². The van der Waals surface area contributed by atoms with Crippen LogP contribution in [0, 0.1) is 17.0 Å². The van der Waals surface area contributed by atoms with Gasteiger partial charge in [0.25, 0.3) is 11.8 Å². The van der Waals surface area contributed by atoms with Crippen LogP contribution in [0.1, 0.15) is 96.0 Å². The van der Waals surface area contributed by atoms with Crippen LogP contribution in [0.5, 0.6) is 0 Å². The van der Waals surface area contributed by atoms with Gasteiger partial charge in [0.2, 0.25) is 35.4 Å². The lowest BCUT2D eigenvalue weighted by Gasteiger charge is -2.41. The summed E-state index contributed by atoms with van der Waals surface area (Å²) in [5, 5.41) is 32.9. The van der Waals surface area contributed by atoms with Gasteiger partial charge in [-0.2, -0.15) is 0 Å². The number of aliphatic hydroxyl groups excluding tert-OH is 1. The minimum Gasteiger partial charge on any atom is -0.481 e. The summed E-state index contributed by atoms with van der Waals surface area (Å²) in [6.45, 7) is 6.45. The number of amides is 8. The first-order valence-electron chi connectivity index (χ1n) is 24.7. The smallest absolute Gasteiger partial charge is 0.333 e. The van der Waals surface area contributed by atoms with Crippen LogP contribution in [0.3, 0.4) is 0 Å². The number of carbonyl (C=O) groups excluding carboxylic acids is 9. The van der Waals surface area contributed by atoms with Crippen molar-refractivity contribution in [1.29, 1.82) is 0 Å². The number of aromatic nitrogens is 2. The number of nitrogens with one attached hydrogen (secondary N) is 5. The van der Waals surface area contributed by atoms with Gasteiger partial charge < -0.3 is 51.1 Å². The summed E-state index contributed by atoms with van der Waals surface area (Å²) >= 11 is 0. The summed E-state index contributed by atoms with van der Waals surface area (Å²) in [5.41, 5.74) is 1.09. The third-order valence-electron chi connectivity index (χ3n) is 12.2. The first-order valence-corrected chi connectivity index (χ1v) is 24.7. The lowest BCUT2D eigenvalue weighted by molar-refractivity contribution is -0.197. The third-order valence-corrected chi connectivity index (χ3v) is 12.2. The number of hydrogen-bond donors (Lipinski definition) is 7. The van der Waals surface area contributed by atoms with Crippen LogP contribution in [-0.2, 0) is 65.7 Å². The minimum atomic E-state index is -1.88. The Bertz CT molecular complexity index is 2790. The highest BCUT2D eigenvalue weighted by Gasteiger charge is 2.39. The van der Waals surface area contributed by atoms with E-state index in [2.05, 4.69) is 31.6 Å². The molecular weight excluding hydrogens is 1010 g/mol. The Labute approximate surface area is 442 Å². The second-order valence-corrected chi connectivity index (χ2v) is 19.4. The Morgan fingerprint density at radius 2 is 1.43 bits per heavy atom. The summed E-state index contributed by atoms with van der Waals surface area (Å²) < 4.78 is 31.7. The molecule has 0 unspecified atom stereocenters. The number of hydrogen-bond acceptors (Lipinski definition) is 13. The predicted octanol–water partition coefficient (Wildman–Crippen LogP) is 2.37. The number of halogens is 2. The van der Waals surface area contributed by atoms with Gasteiger partial charge in [0.1, 0.15) is 42.4 Å². The molecule has 4 aromatic rings. The number of benzene rings is 2. The number of aliphatic hydroxyl groups is 1. The Kier molecular flexibility index (Phi) is 21.2. The van der Waals surface area contributed by atoms with E-state index in [1.807, 2.05) is 18.2 Å². The molecule has 5 atom stereocenters. The van der Waals surface area contributed by atoms with Gasteiger partial charge in [-0.1, -0.05) is 51.1 Å². The van der Waals surface area contributed by atoms with E-state index in [1.54, 1.807) is 61.9 Å². The van der Waals surface area contributed by atoms with Crippen molar-refractivity contribution in [3.8, 4) is 11.1 Å². The van der Waals surface area contributed by atoms with Crippen LogP contribution in [0.25, 0.3) is 11.1 Å². The number of nitrogens with zero attached hydrogens (tertiary/aromatic N) is 4. The predicted molar refractivity (Wildman–Crippen MR) is 270 cm³/mol. The topological polar surface area (TPSA) is 305 Å². The minimum absolute atomic E-state index is 0.0714. The highest BCUT2D eigenvalue weighted by Crippen LogP contribution is 2.41. The molecule has 0 saturated carbocycles. The summed E-state index contributed by atoms with van der Waals surface area (Å²) in [5.74, 6) is -10.6. The zero-order chi connectivity index (χ0) is 56.6. The van der Waals surface area contributed by atoms with Crippen molar-refractivity contribution in [2.24, 2.45) is 5.41 Å². The van der Waals surface area contributed by atoms with Crippen LogP contribution in [-0.4, -0.2) is 133 Å². The number of carboxylic acid groups (broad SMARTS) is 1. The molecule has 2 aromatic carbocycles. The van der Waals surface area contributed by atoms with Crippen molar-refractivity contribution in [1.82, 2.24) is 46.1 Å². The maximum atomic E-state index is 15.4. The monoisotopic (exact) mass is 1070 g/mol. The van der Waals surface area contributed by atoms with Crippen LogP contribution in [0.4, 0.5) is 8.78 Å². The fourth-order valence-corrected chi connectivity index (χ4v) is 8.41. The lowest BCUT2D eigenvalue weighted by atomic mass is 9.82. The second-order valence-electron chi connectivity index (χ2n) is 19.4. The van der Waals surface area contributed by atoms with E-state index in [0.29, 0.717) is 16.3 Å². The van der Waals surface area contributed by atoms with E-state index in [0.717, 1.165) is 23.8 Å². The van der Waals surface area contributed by atoms with Gasteiger partial charge in [0.05, 0.1) is 18.9 Å². The largest absolute Gasteiger partial charge is 0.481 e. The Hall–Kier alpha value is -8.41. The Morgan fingerprint density at radius 1 is 0.792 bits per heavy atom. The average molecular weight is 1070 g/mol. The van der Waals surface area contributed by atoms with Crippen LogP contribution < -0.4 is 26.6 Å². The summed E-state index contributed by atoms with van der Waals surface area (Å²) in [6.07, 6.45) is 2.29. The van der Waals surface area contributed by atoms with Gasteiger partial charge in [-0.05, 0) is 79.6 Å². The third kappa shape index (κ3) is 17.3. The number of pyridine rings is 1. The van der Waals surface area contributed by atoms with Gasteiger partial charge in [0, 0.05) is 74.3 Å². The molecule has 412 valence electrons. The number of rotatable bonds is 26. The molecule has 1 aliphatic rings. The fourth-order valence-electron chi connectivity index (χ4n) is 8.41. The van der Waals surface area contributed by atoms with E-state index in [9.17, 15) is 62.5 Å². The summed E-state index contributed by atoms with van der Waals surface area (Å²) in [7, 11) is 0. The molecule has 24 heteroatoms. The molecule has 0 aliphatic carbocycles. The molecule has 3 heterocycles. The molecule has 0 spiro atoms. The maximum Gasteiger partial charge on any atom is 0.333 e. The molecule has 1 aliphatic heterocycles. The van der Waals surface area contributed by atoms with Crippen LogP contribution >= 0.6 is 0 Å². The molecule has 5 rings (SSSR count). The number of hydroxylamine groups is 2. The molecule has 77 heavy (non-hydrogen) atoms. The molecular formula is C53H63F2N9O13.